The number of carbonyl (C=O) groups excluding carboxylic acids is 3. The van der Waals surface area contributed by atoms with Gasteiger partial charge in [0.15, 0.2) is 0 Å². The molecule has 7 heteroatoms. The van der Waals surface area contributed by atoms with E-state index in [1.54, 1.807) is 47.5 Å². The second kappa shape index (κ2) is 7.09. The van der Waals surface area contributed by atoms with Crippen molar-refractivity contribution in [2.75, 3.05) is 7.05 Å². The third-order valence-corrected chi connectivity index (χ3v) is 6.01. The molecule has 0 fully saturated rings. The second-order valence-corrected chi connectivity index (χ2v) is 7.62. The highest BCUT2D eigenvalue weighted by Crippen LogP contribution is 2.28. The number of hydrogen-bond acceptors (Lipinski definition) is 5. The Bertz CT molecular complexity index is 1040. The van der Waals surface area contributed by atoms with Crippen molar-refractivity contribution in [3.05, 3.63) is 81.4 Å². The third-order valence-electron chi connectivity index (χ3n) is 4.97. The molecule has 1 aliphatic heterocycles. The number of amides is 3. The molecule has 142 valence electrons. The second-order valence-electron chi connectivity index (χ2n) is 6.64. The highest BCUT2D eigenvalue weighted by molar-refractivity contribution is 7.10. The summed E-state index contributed by atoms with van der Waals surface area (Å²) in [4.78, 5) is 42.1. The van der Waals surface area contributed by atoms with Gasteiger partial charge in [-0.25, -0.2) is 0 Å². The van der Waals surface area contributed by atoms with Gasteiger partial charge in [-0.05, 0) is 48.7 Å². The van der Waals surface area contributed by atoms with E-state index in [0.717, 1.165) is 9.78 Å². The number of imide groups is 1. The van der Waals surface area contributed by atoms with E-state index in [2.05, 4.69) is 0 Å². The van der Waals surface area contributed by atoms with Crippen molar-refractivity contribution < 1.29 is 18.8 Å². The number of carbonyl (C=O) groups is 3. The maximum absolute atomic E-state index is 12.9. The van der Waals surface area contributed by atoms with Gasteiger partial charge >= 0.3 is 0 Å². The van der Waals surface area contributed by atoms with Gasteiger partial charge in [-0.2, -0.15) is 0 Å². The minimum Gasteiger partial charge on any atom is -0.467 e. The van der Waals surface area contributed by atoms with E-state index in [1.165, 1.54) is 12.3 Å². The smallest absolute Gasteiger partial charge is 0.261 e. The average molecular weight is 394 g/mol. The molecule has 1 aromatic carbocycles. The first-order valence-electron chi connectivity index (χ1n) is 8.80. The van der Waals surface area contributed by atoms with Gasteiger partial charge in [-0.3, -0.25) is 19.3 Å². The summed E-state index contributed by atoms with van der Waals surface area (Å²) in [6, 6.07) is 11.9. The maximum Gasteiger partial charge on any atom is 0.261 e. The van der Waals surface area contributed by atoms with E-state index < -0.39 is 5.91 Å². The molecule has 0 saturated carbocycles. The minimum atomic E-state index is -0.417. The van der Waals surface area contributed by atoms with Crippen molar-refractivity contribution in [3.8, 4) is 0 Å². The SMILES string of the molecule is C[C@@H](c1cccs1)N(C)C(=O)c1ccc2c(c1)C(=O)N(Cc1ccco1)C2=O. The van der Waals surface area contributed by atoms with Crippen molar-refractivity contribution in [3.63, 3.8) is 0 Å². The molecule has 0 unspecified atom stereocenters. The first-order chi connectivity index (χ1) is 13.5. The van der Waals surface area contributed by atoms with Crippen molar-refractivity contribution in [2.45, 2.75) is 19.5 Å². The molecule has 28 heavy (non-hydrogen) atoms. The minimum absolute atomic E-state index is 0.0674. The van der Waals surface area contributed by atoms with Crippen LogP contribution in [0.2, 0.25) is 0 Å². The summed E-state index contributed by atoms with van der Waals surface area (Å²) in [5, 5.41) is 1.97. The van der Waals surface area contributed by atoms with Crippen LogP contribution >= 0.6 is 11.3 Å². The Balaban J connectivity index is 1.58. The molecule has 0 radical (unpaired) electrons. The fourth-order valence-corrected chi connectivity index (χ4v) is 4.05. The molecule has 0 saturated heterocycles. The molecule has 4 rings (SSSR count). The zero-order valence-corrected chi connectivity index (χ0v) is 16.2. The molecule has 3 aromatic rings. The van der Waals surface area contributed by atoms with Gasteiger partial charge in [-0.1, -0.05) is 6.07 Å². The lowest BCUT2D eigenvalue weighted by molar-refractivity contribution is 0.0631. The lowest BCUT2D eigenvalue weighted by atomic mass is 10.0. The third kappa shape index (κ3) is 3.03. The normalized spacial score (nSPS) is 14.3. The monoisotopic (exact) mass is 394 g/mol. The summed E-state index contributed by atoms with van der Waals surface area (Å²) in [6.45, 7) is 2.02. The van der Waals surface area contributed by atoms with Crippen LogP contribution in [0.25, 0.3) is 0 Å². The number of fused-ring (bicyclic) bond motifs is 1. The summed E-state index contributed by atoms with van der Waals surface area (Å²) < 4.78 is 5.24. The molecule has 2 aromatic heterocycles. The Kier molecular flexibility index (Phi) is 4.60. The van der Waals surface area contributed by atoms with Crippen LogP contribution in [0.1, 0.15) is 54.7 Å². The summed E-state index contributed by atoms with van der Waals surface area (Å²) in [5.74, 6) is -0.473. The van der Waals surface area contributed by atoms with E-state index in [9.17, 15) is 14.4 Å². The van der Waals surface area contributed by atoms with Gasteiger partial charge < -0.3 is 9.32 Å². The molecule has 0 aliphatic carbocycles. The topological polar surface area (TPSA) is 70.8 Å². The van der Waals surface area contributed by atoms with Crippen molar-refractivity contribution >= 4 is 29.1 Å². The summed E-state index contributed by atoms with van der Waals surface area (Å²) in [6.07, 6.45) is 1.49. The molecule has 1 aliphatic rings. The Morgan fingerprint density at radius 3 is 2.61 bits per heavy atom. The molecular weight excluding hydrogens is 376 g/mol. The summed E-state index contributed by atoms with van der Waals surface area (Å²) >= 11 is 1.59. The molecule has 1 atom stereocenters. The molecular formula is C21H18N2O4S. The Morgan fingerprint density at radius 2 is 1.93 bits per heavy atom. The van der Waals surface area contributed by atoms with E-state index in [-0.39, 0.29) is 30.0 Å². The number of thiophene rings is 1. The highest BCUT2D eigenvalue weighted by atomic mass is 32.1. The van der Waals surface area contributed by atoms with Crippen molar-refractivity contribution in [2.24, 2.45) is 0 Å². The summed E-state index contributed by atoms with van der Waals surface area (Å²) in [5.41, 5.74) is 0.937. The van der Waals surface area contributed by atoms with Crippen LogP contribution in [-0.2, 0) is 6.54 Å². The molecule has 0 spiro atoms. The molecule has 6 nitrogen and oxygen atoms in total. The lowest BCUT2D eigenvalue weighted by Crippen LogP contribution is -2.29. The van der Waals surface area contributed by atoms with E-state index in [0.29, 0.717) is 16.9 Å². The molecule has 3 amide bonds. The van der Waals surface area contributed by atoms with Gasteiger partial charge in [-0.15, -0.1) is 11.3 Å². The van der Waals surface area contributed by atoms with Gasteiger partial charge in [0, 0.05) is 17.5 Å². The highest BCUT2D eigenvalue weighted by Gasteiger charge is 2.36. The Hall–Kier alpha value is -3.19. The predicted molar refractivity (Wildman–Crippen MR) is 104 cm³/mol. The number of benzene rings is 1. The van der Waals surface area contributed by atoms with Gasteiger partial charge in [0.05, 0.1) is 30.0 Å². The number of rotatable bonds is 5. The van der Waals surface area contributed by atoms with Gasteiger partial charge in [0.1, 0.15) is 5.76 Å². The van der Waals surface area contributed by atoms with Crippen molar-refractivity contribution in [1.29, 1.82) is 0 Å². The van der Waals surface area contributed by atoms with Crippen LogP contribution < -0.4 is 0 Å². The zero-order valence-electron chi connectivity index (χ0n) is 15.4. The Labute approximate surface area is 166 Å². The van der Waals surface area contributed by atoms with E-state index in [4.69, 9.17) is 4.42 Å². The first kappa shape index (κ1) is 18.2. The first-order valence-corrected chi connectivity index (χ1v) is 9.68. The number of hydrogen-bond donors (Lipinski definition) is 0. The fourth-order valence-electron chi connectivity index (χ4n) is 3.23. The average Bonchev–Trinajstić information content (AvgIpc) is 3.46. The fraction of sp³-hybridized carbons (Fsp3) is 0.190. The largest absolute Gasteiger partial charge is 0.467 e. The van der Waals surface area contributed by atoms with Crippen LogP contribution in [0.5, 0.6) is 0 Å². The molecule has 3 heterocycles. The predicted octanol–water partition coefficient (Wildman–Crippen LogP) is 3.97. The zero-order chi connectivity index (χ0) is 19.8. The van der Waals surface area contributed by atoms with Crippen LogP contribution in [0, 0.1) is 0 Å². The van der Waals surface area contributed by atoms with Gasteiger partial charge in [0.2, 0.25) is 0 Å². The van der Waals surface area contributed by atoms with Crippen LogP contribution in [0.3, 0.4) is 0 Å². The Morgan fingerprint density at radius 1 is 1.14 bits per heavy atom. The van der Waals surface area contributed by atoms with E-state index >= 15 is 0 Å². The lowest BCUT2D eigenvalue weighted by Gasteiger charge is -2.24. The van der Waals surface area contributed by atoms with Crippen LogP contribution in [0.4, 0.5) is 0 Å². The molecule has 0 bridgehead atoms. The number of furan rings is 1. The number of nitrogens with zero attached hydrogens (tertiary/aromatic N) is 2. The standard InChI is InChI=1S/C21H18N2O4S/c1-13(18-6-4-10-28-18)22(2)19(24)14-7-8-16-17(11-14)21(26)23(20(16)25)12-15-5-3-9-27-15/h3-11,13H,12H2,1-2H3/t13-/m0/s1. The quantitative estimate of drug-likeness (QED) is 0.614. The van der Waals surface area contributed by atoms with Crippen molar-refractivity contribution in [1.82, 2.24) is 9.80 Å². The van der Waals surface area contributed by atoms with E-state index in [1.807, 2.05) is 24.4 Å². The van der Waals surface area contributed by atoms with Crippen LogP contribution in [0.15, 0.2) is 58.5 Å². The summed E-state index contributed by atoms with van der Waals surface area (Å²) in [7, 11) is 1.73. The van der Waals surface area contributed by atoms with Gasteiger partial charge in [0.25, 0.3) is 17.7 Å². The van der Waals surface area contributed by atoms with Crippen LogP contribution in [-0.4, -0.2) is 34.6 Å². The maximum atomic E-state index is 12.9. The molecule has 0 N–H and O–H groups in total.